The molecule has 0 bridgehead atoms. The van der Waals surface area contributed by atoms with Gasteiger partial charge in [0.25, 0.3) is 0 Å². The molecule has 10 aromatic carbocycles. The summed E-state index contributed by atoms with van der Waals surface area (Å²) in [6.07, 6.45) is 0. The van der Waals surface area contributed by atoms with Gasteiger partial charge in [-0.15, -0.1) is 11.3 Å². The van der Waals surface area contributed by atoms with Crippen LogP contribution in [0.15, 0.2) is 212 Å². The molecule has 0 radical (unpaired) electrons. The Kier molecular flexibility index (Phi) is 8.13. The second-order valence-corrected chi connectivity index (χ2v) is 17.9. The molecule has 288 valence electrons. The zero-order valence-electron chi connectivity index (χ0n) is 34.1. The highest BCUT2D eigenvalue weighted by Gasteiger charge is 2.37. The van der Waals surface area contributed by atoms with E-state index in [9.17, 15) is 0 Å². The minimum atomic E-state index is -0.104. The molecule has 0 N–H and O–H groups in total. The Labute approximate surface area is 360 Å². The molecule has 11 aromatic rings. The lowest BCUT2D eigenvalue weighted by molar-refractivity contribution is 0.661. The minimum Gasteiger partial charge on any atom is -0.310 e. The first-order valence-electron chi connectivity index (χ1n) is 21.2. The van der Waals surface area contributed by atoms with Gasteiger partial charge in [0.2, 0.25) is 0 Å². The number of anilines is 3. The lowest BCUT2D eigenvalue weighted by Gasteiger charge is -2.28. The van der Waals surface area contributed by atoms with Crippen molar-refractivity contribution in [2.75, 3.05) is 4.90 Å². The Hall–Kier alpha value is -7.26. The highest BCUT2D eigenvalue weighted by molar-refractivity contribution is 7.25. The summed E-state index contributed by atoms with van der Waals surface area (Å²) < 4.78 is 2.65. The van der Waals surface area contributed by atoms with Crippen molar-refractivity contribution in [3.05, 3.63) is 223 Å². The molecular formula is C59H41NS. The number of hydrogen-bond acceptors (Lipinski definition) is 2. The molecule has 0 saturated heterocycles. The van der Waals surface area contributed by atoms with Crippen LogP contribution in [-0.2, 0) is 5.41 Å². The van der Waals surface area contributed by atoms with Crippen molar-refractivity contribution in [3.63, 3.8) is 0 Å². The van der Waals surface area contributed by atoms with Crippen molar-refractivity contribution in [2.24, 2.45) is 0 Å². The Balaban J connectivity index is 1.03. The lowest BCUT2D eigenvalue weighted by atomic mass is 9.82. The Morgan fingerprint density at radius 2 is 0.951 bits per heavy atom. The van der Waals surface area contributed by atoms with E-state index in [2.05, 4.69) is 231 Å². The third kappa shape index (κ3) is 5.67. The first kappa shape index (κ1) is 35.7. The van der Waals surface area contributed by atoms with Crippen LogP contribution in [0.4, 0.5) is 17.1 Å². The van der Waals surface area contributed by atoms with E-state index in [1.54, 1.807) is 0 Å². The Bertz CT molecular complexity index is 3480. The molecule has 1 aliphatic rings. The summed E-state index contributed by atoms with van der Waals surface area (Å²) in [6, 6.07) is 78.6. The van der Waals surface area contributed by atoms with Gasteiger partial charge < -0.3 is 4.90 Å². The van der Waals surface area contributed by atoms with E-state index in [1.807, 2.05) is 11.3 Å². The number of benzene rings is 10. The fourth-order valence-electron chi connectivity index (χ4n) is 10.1. The topological polar surface area (TPSA) is 3.24 Å². The van der Waals surface area contributed by atoms with Crippen molar-refractivity contribution >= 4 is 70.1 Å². The van der Waals surface area contributed by atoms with Gasteiger partial charge in [0.1, 0.15) is 0 Å². The summed E-state index contributed by atoms with van der Waals surface area (Å²) in [4.78, 5) is 2.47. The molecule has 2 heteroatoms. The second kappa shape index (κ2) is 13.9. The van der Waals surface area contributed by atoms with Gasteiger partial charge in [0, 0.05) is 42.3 Å². The van der Waals surface area contributed by atoms with Crippen LogP contribution in [-0.4, -0.2) is 0 Å². The first-order chi connectivity index (χ1) is 30.0. The predicted molar refractivity (Wildman–Crippen MR) is 263 cm³/mol. The average Bonchev–Trinajstić information content (AvgIpc) is 3.80. The van der Waals surface area contributed by atoms with Crippen LogP contribution in [0, 0.1) is 0 Å². The minimum absolute atomic E-state index is 0.104. The van der Waals surface area contributed by atoms with Crippen molar-refractivity contribution in [1.29, 1.82) is 0 Å². The van der Waals surface area contributed by atoms with Gasteiger partial charge in [-0.25, -0.2) is 0 Å². The quantitative estimate of drug-likeness (QED) is 0.162. The molecule has 12 rings (SSSR count). The number of nitrogens with zero attached hydrogens (tertiary/aromatic N) is 1. The molecule has 61 heavy (non-hydrogen) atoms. The van der Waals surface area contributed by atoms with Crippen LogP contribution in [0.3, 0.4) is 0 Å². The lowest BCUT2D eigenvalue weighted by Crippen LogP contribution is -2.15. The van der Waals surface area contributed by atoms with Gasteiger partial charge in [-0.05, 0) is 120 Å². The van der Waals surface area contributed by atoms with Crippen LogP contribution >= 0.6 is 11.3 Å². The van der Waals surface area contributed by atoms with Gasteiger partial charge in [-0.2, -0.15) is 0 Å². The molecule has 0 fully saturated rings. The summed E-state index contributed by atoms with van der Waals surface area (Å²) in [7, 11) is 0. The highest BCUT2D eigenvalue weighted by atomic mass is 32.1. The number of rotatable bonds is 6. The highest BCUT2D eigenvalue weighted by Crippen LogP contribution is 2.54. The normalized spacial score (nSPS) is 12.9. The summed E-state index contributed by atoms with van der Waals surface area (Å²) in [6.45, 7) is 4.74. The van der Waals surface area contributed by atoms with E-state index in [0.29, 0.717) is 0 Å². The van der Waals surface area contributed by atoms with Crippen LogP contribution in [0.2, 0.25) is 0 Å². The Morgan fingerprint density at radius 1 is 0.377 bits per heavy atom. The summed E-state index contributed by atoms with van der Waals surface area (Å²) in [5, 5.41) is 7.67. The van der Waals surface area contributed by atoms with E-state index in [0.717, 1.165) is 11.4 Å². The van der Waals surface area contributed by atoms with Crippen molar-refractivity contribution in [2.45, 2.75) is 19.3 Å². The van der Waals surface area contributed by atoms with Gasteiger partial charge in [-0.1, -0.05) is 178 Å². The van der Waals surface area contributed by atoms with E-state index in [4.69, 9.17) is 0 Å². The molecule has 1 aromatic heterocycles. The van der Waals surface area contributed by atoms with E-state index >= 15 is 0 Å². The third-order valence-electron chi connectivity index (χ3n) is 13.1. The summed E-state index contributed by atoms with van der Waals surface area (Å²) in [5.74, 6) is 0. The fraction of sp³-hybridized carbons (Fsp3) is 0.0508. The number of thiophene rings is 1. The standard InChI is InChI=1S/C59H41NS/c1-59(2)51-22-8-6-19-49(51)58-52(59)35-29-42-17-12-23-53(57(42)58)60(44-31-25-38(26-32-44)43-30-36-55-50(37-43)48-18-7-9-24-54(48)61-55)45-33-27-40(28-34-45)47-21-11-16-41-15-10-20-46(56(41)47)39-13-4-3-5-14-39/h3-37H,1-2H3. The largest absolute Gasteiger partial charge is 0.310 e. The molecule has 0 spiro atoms. The van der Waals surface area contributed by atoms with Gasteiger partial charge >= 0.3 is 0 Å². The van der Waals surface area contributed by atoms with Gasteiger partial charge in [0.05, 0.1) is 5.69 Å². The molecule has 1 nitrogen and oxygen atoms in total. The Morgan fingerprint density at radius 3 is 1.70 bits per heavy atom. The van der Waals surface area contributed by atoms with Crippen LogP contribution in [0.25, 0.3) is 86.2 Å². The average molecular weight is 796 g/mol. The van der Waals surface area contributed by atoms with E-state index < -0.39 is 0 Å². The smallest absolute Gasteiger partial charge is 0.0546 e. The monoisotopic (exact) mass is 795 g/mol. The van der Waals surface area contributed by atoms with Crippen molar-refractivity contribution < 1.29 is 0 Å². The maximum absolute atomic E-state index is 2.47. The maximum atomic E-state index is 2.47. The molecule has 0 aliphatic heterocycles. The van der Waals surface area contributed by atoms with Crippen LogP contribution in [0.5, 0.6) is 0 Å². The molecule has 0 amide bonds. The molecule has 1 aliphatic carbocycles. The van der Waals surface area contributed by atoms with Crippen LogP contribution < -0.4 is 4.90 Å². The van der Waals surface area contributed by atoms with Crippen LogP contribution in [0.1, 0.15) is 25.0 Å². The SMILES string of the molecule is CC1(C)c2ccccc2-c2c1ccc1cccc(N(c3ccc(-c4ccc5sc6ccccc6c5c4)cc3)c3ccc(-c4cccc5cccc(-c6ccccc6)c45)cc3)c21. The van der Waals surface area contributed by atoms with Crippen molar-refractivity contribution in [1.82, 2.24) is 0 Å². The molecule has 1 heterocycles. The fourth-order valence-corrected chi connectivity index (χ4v) is 11.2. The number of fused-ring (bicyclic) bond motifs is 9. The summed E-state index contributed by atoms with van der Waals surface area (Å²) in [5.41, 5.74) is 16.1. The molecule has 0 unspecified atom stereocenters. The van der Waals surface area contributed by atoms with Crippen molar-refractivity contribution in [3.8, 4) is 44.5 Å². The van der Waals surface area contributed by atoms with Gasteiger partial charge in [-0.3, -0.25) is 0 Å². The van der Waals surface area contributed by atoms with E-state index in [1.165, 1.54) is 103 Å². The van der Waals surface area contributed by atoms with E-state index in [-0.39, 0.29) is 5.41 Å². The first-order valence-corrected chi connectivity index (χ1v) is 22.0. The maximum Gasteiger partial charge on any atom is 0.0546 e. The predicted octanol–water partition coefficient (Wildman–Crippen LogP) is 17.1. The zero-order valence-corrected chi connectivity index (χ0v) is 34.9. The second-order valence-electron chi connectivity index (χ2n) is 16.8. The molecule has 0 saturated carbocycles. The third-order valence-corrected chi connectivity index (χ3v) is 14.2. The number of hydrogen-bond donors (Lipinski definition) is 0. The summed E-state index contributed by atoms with van der Waals surface area (Å²) >= 11 is 1.86. The molecule has 0 atom stereocenters. The molecular weight excluding hydrogens is 755 g/mol. The zero-order chi connectivity index (χ0) is 40.7. The van der Waals surface area contributed by atoms with Gasteiger partial charge in [0.15, 0.2) is 0 Å².